The average molecular weight is 578 g/mol. The summed E-state index contributed by atoms with van der Waals surface area (Å²) >= 11 is 6.55. The number of aromatic nitrogens is 1. The molecule has 0 radical (unpaired) electrons. The summed E-state index contributed by atoms with van der Waals surface area (Å²) < 4.78 is 7.05. The molecule has 0 saturated carbocycles. The van der Waals surface area contributed by atoms with Gasteiger partial charge < -0.3 is 31.1 Å². The van der Waals surface area contributed by atoms with Gasteiger partial charge in [-0.3, -0.25) is 9.59 Å². The summed E-state index contributed by atoms with van der Waals surface area (Å²) in [5.74, 6) is -0.472. The van der Waals surface area contributed by atoms with Crippen LogP contribution in [0.3, 0.4) is 0 Å². The Morgan fingerprint density at radius 3 is 2.32 bits per heavy atom. The van der Waals surface area contributed by atoms with Gasteiger partial charge in [0.15, 0.2) is 0 Å². The van der Waals surface area contributed by atoms with Crippen LogP contribution in [-0.2, 0) is 16.0 Å². The minimum atomic E-state index is -1.03. The molecule has 5 N–H and O–H groups in total. The van der Waals surface area contributed by atoms with E-state index >= 15 is 0 Å². The first kappa shape index (κ1) is 31.2. The number of benzene rings is 2. The van der Waals surface area contributed by atoms with Crippen molar-refractivity contribution >= 4 is 41.1 Å². The molecule has 0 spiro atoms. The molecule has 1 atom stereocenters. The molecule has 41 heavy (non-hydrogen) atoms. The van der Waals surface area contributed by atoms with Crippen molar-refractivity contribution in [1.29, 1.82) is 5.41 Å². The Morgan fingerprint density at radius 2 is 1.73 bits per heavy atom. The Hall–Kier alpha value is -4.37. The Kier molecular flexibility index (Phi) is 10.1. The van der Waals surface area contributed by atoms with Gasteiger partial charge in [0, 0.05) is 53.4 Å². The topological polar surface area (TPSA) is 139 Å². The van der Waals surface area contributed by atoms with E-state index in [1.54, 1.807) is 67.9 Å². The molecule has 3 rings (SSSR count). The molecule has 1 aromatic heterocycles. The van der Waals surface area contributed by atoms with E-state index in [9.17, 15) is 14.4 Å². The molecule has 9 nitrogen and oxygen atoms in total. The maximum Gasteiger partial charge on any atom is 0.408 e. The van der Waals surface area contributed by atoms with Crippen molar-refractivity contribution < 1.29 is 14.3 Å². The van der Waals surface area contributed by atoms with Crippen molar-refractivity contribution in [3.63, 3.8) is 0 Å². The number of hydrogen-bond donors (Lipinski definition) is 4. The number of carbonyl (C=O) groups excluding carboxylic acids is 2. The third-order valence-electron chi connectivity index (χ3n) is 6.13. The molecular formula is C31H36ClN5O4. The standard InChI is InChI=1S/C31H36ClN5O4/c1-19(2)37-18-22(9-13-28(37)38)21-8-12-26(32)23(14-21)15-27(36-30(40)41-31(3,4)5)29(39)35-25-10-6-20(7-11-25)24(16-33)17-34/h6-14,16-19,27,33H,15,34H2,1-5H3,(H,35,39)(H,36,40)/b24-17+,33-16?. The average Bonchev–Trinajstić information content (AvgIpc) is 2.90. The molecule has 216 valence electrons. The fourth-order valence-electron chi connectivity index (χ4n) is 4.07. The molecule has 2 amide bonds. The van der Waals surface area contributed by atoms with Gasteiger partial charge in [-0.2, -0.15) is 0 Å². The fourth-order valence-corrected chi connectivity index (χ4v) is 4.27. The number of nitrogens with two attached hydrogens (primary N) is 1. The second-order valence-corrected chi connectivity index (χ2v) is 11.2. The van der Waals surface area contributed by atoms with Gasteiger partial charge >= 0.3 is 6.09 Å². The summed E-state index contributed by atoms with van der Waals surface area (Å²) in [4.78, 5) is 38.4. The number of carbonyl (C=O) groups is 2. The lowest BCUT2D eigenvalue weighted by Crippen LogP contribution is -2.47. The Balaban J connectivity index is 1.92. The van der Waals surface area contributed by atoms with E-state index in [-0.39, 0.29) is 18.0 Å². The molecule has 1 heterocycles. The number of anilines is 1. The van der Waals surface area contributed by atoms with E-state index in [0.717, 1.165) is 22.9 Å². The highest BCUT2D eigenvalue weighted by Gasteiger charge is 2.26. The van der Waals surface area contributed by atoms with Gasteiger partial charge in [-0.05, 0) is 87.2 Å². The van der Waals surface area contributed by atoms with Crippen LogP contribution in [0.1, 0.15) is 51.8 Å². The summed E-state index contributed by atoms with van der Waals surface area (Å²) in [6.07, 6.45) is 3.60. The number of amides is 2. The van der Waals surface area contributed by atoms with Crippen LogP contribution < -0.4 is 21.9 Å². The maximum atomic E-state index is 13.4. The molecule has 10 heteroatoms. The van der Waals surface area contributed by atoms with Crippen molar-refractivity contribution in [1.82, 2.24) is 9.88 Å². The van der Waals surface area contributed by atoms with Gasteiger partial charge in [0.05, 0.1) is 0 Å². The van der Waals surface area contributed by atoms with Crippen LogP contribution in [0, 0.1) is 5.41 Å². The molecule has 1 unspecified atom stereocenters. The predicted octanol–water partition coefficient (Wildman–Crippen LogP) is 5.77. The van der Waals surface area contributed by atoms with Gasteiger partial charge in [-0.1, -0.05) is 29.8 Å². The number of pyridine rings is 1. The largest absolute Gasteiger partial charge is 0.444 e. The number of rotatable bonds is 9. The van der Waals surface area contributed by atoms with Crippen LogP contribution in [0.4, 0.5) is 10.5 Å². The summed E-state index contributed by atoms with van der Waals surface area (Å²) in [7, 11) is 0. The quantitative estimate of drug-likeness (QED) is 0.239. The highest BCUT2D eigenvalue weighted by molar-refractivity contribution is 6.31. The van der Waals surface area contributed by atoms with E-state index in [1.165, 1.54) is 12.3 Å². The van der Waals surface area contributed by atoms with Gasteiger partial charge in [0.2, 0.25) is 5.91 Å². The minimum absolute atomic E-state index is 0.0163. The van der Waals surface area contributed by atoms with Crippen molar-refractivity contribution in [3.8, 4) is 11.1 Å². The summed E-state index contributed by atoms with van der Waals surface area (Å²) in [6, 6.07) is 14.4. The lowest BCUT2D eigenvalue weighted by atomic mass is 9.99. The Bertz CT molecular complexity index is 1500. The third kappa shape index (κ3) is 8.56. The normalized spacial score (nSPS) is 12.5. The summed E-state index contributed by atoms with van der Waals surface area (Å²) in [5.41, 5.74) is 8.69. The van der Waals surface area contributed by atoms with Crippen LogP contribution >= 0.6 is 11.6 Å². The number of nitrogens with one attached hydrogen (secondary N) is 3. The zero-order chi connectivity index (χ0) is 30.3. The van der Waals surface area contributed by atoms with Crippen molar-refractivity contribution in [2.75, 3.05) is 5.32 Å². The third-order valence-corrected chi connectivity index (χ3v) is 6.49. The van der Waals surface area contributed by atoms with E-state index in [1.807, 2.05) is 26.0 Å². The number of alkyl carbamates (subject to hydrolysis) is 1. The number of hydrogen-bond acceptors (Lipinski definition) is 6. The molecule has 0 aliphatic rings. The molecule has 0 fully saturated rings. The molecule has 0 bridgehead atoms. The smallest absolute Gasteiger partial charge is 0.408 e. The van der Waals surface area contributed by atoms with Gasteiger partial charge in [0.1, 0.15) is 11.6 Å². The number of nitrogens with zero attached hydrogens (tertiary/aromatic N) is 1. The summed E-state index contributed by atoms with van der Waals surface area (Å²) in [5, 5.41) is 13.4. The SMILES string of the molecule is CC(C)n1cc(-c2ccc(Cl)c(CC(NC(=O)OC(C)(C)C)C(=O)Nc3ccc(/C(C=N)=C/N)cc3)c2)ccc1=O. The van der Waals surface area contributed by atoms with Crippen LogP contribution in [0.2, 0.25) is 5.02 Å². The first-order valence-electron chi connectivity index (χ1n) is 13.2. The van der Waals surface area contributed by atoms with Crippen LogP contribution in [0.25, 0.3) is 16.7 Å². The first-order valence-corrected chi connectivity index (χ1v) is 13.5. The zero-order valence-electron chi connectivity index (χ0n) is 23.8. The number of halogens is 1. The molecule has 0 aliphatic carbocycles. The lowest BCUT2D eigenvalue weighted by molar-refractivity contribution is -0.118. The fraction of sp³-hybridized carbons (Fsp3) is 0.290. The van der Waals surface area contributed by atoms with E-state index in [2.05, 4.69) is 10.6 Å². The zero-order valence-corrected chi connectivity index (χ0v) is 24.6. The number of allylic oxidation sites excluding steroid dienone is 1. The molecular weight excluding hydrogens is 542 g/mol. The molecule has 0 aliphatic heterocycles. The highest BCUT2D eigenvalue weighted by atomic mass is 35.5. The molecule has 0 saturated heterocycles. The maximum absolute atomic E-state index is 13.4. The van der Waals surface area contributed by atoms with Crippen LogP contribution in [0.5, 0.6) is 0 Å². The van der Waals surface area contributed by atoms with Gasteiger partial charge in [-0.25, -0.2) is 4.79 Å². The molecule has 3 aromatic rings. The van der Waals surface area contributed by atoms with Crippen molar-refractivity contribution in [3.05, 3.63) is 93.5 Å². The monoisotopic (exact) mass is 577 g/mol. The Labute approximate surface area is 244 Å². The Morgan fingerprint density at radius 1 is 1.07 bits per heavy atom. The summed E-state index contributed by atoms with van der Waals surface area (Å²) in [6.45, 7) is 9.06. The van der Waals surface area contributed by atoms with Crippen molar-refractivity contribution in [2.24, 2.45) is 5.73 Å². The highest BCUT2D eigenvalue weighted by Crippen LogP contribution is 2.27. The van der Waals surface area contributed by atoms with Crippen LogP contribution in [-0.4, -0.2) is 34.4 Å². The van der Waals surface area contributed by atoms with E-state index in [4.69, 9.17) is 27.5 Å². The second-order valence-electron chi connectivity index (χ2n) is 10.8. The van der Waals surface area contributed by atoms with Crippen molar-refractivity contribution in [2.45, 2.75) is 58.7 Å². The predicted molar refractivity (Wildman–Crippen MR) is 164 cm³/mol. The lowest BCUT2D eigenvalue weighted by Gasteiger charge is -2.24. The van der Waals surface area contributed by atoms with Gasteiger partial charge in [-0.15, -0.1) is 0 Å². The van der Waals surface area contributed by atoms with Crippen LogP contribution in [0.15, 0.2) is 71.8 Å². The molecule has 2 aromatic carbocycles. The van der Waals surface area contributed by atoms with E-state index < -0.39 is 23.6 Å². The minimum Gasteiger partial charge on any atom is -0.444 e. The van der Waals surface area contributed by atoms with E-state index in [0.29, 0.717) is 21.8 Å². The number of ether oxygens (including phenoxy) is 1. The van der Waals surface area contributed by atoms with Gasteiger partial charge in [0.25, 0.3) is 5.56 Å². The first-order chi connectivity index (χ1) is 19.3. The second kappa shape index (κ2) is 13.3.